The fourth-order valence-electron chi connectivity index (χ4n) is 3.57. The van der Waals surface area contributed by atoms with Crippen molar-refractivity contribution in [1.29, 1.82) is 0 Å². The minimum absolute atomic E-state index is 0. The Hall–Kier alpha value is -1.84. The molecule has 0 bridgehead atoms. The van der Waals surface area contributed by atoms with Crippen molar-refractivity contribution in [1.82, 2.24) is 5.32 Å². The lowest BCUT2D eigenvalue weighted by atomic mass is 9.87. The summed E-state index contributed by atoms with van der Waals surface area (Å²) in [5, 5.41) is 6.69. The van der Waals surface area contributed by atoms with Crippen LogP contribution in [0.15, 0.2) is 48.5 Å². The van der Waals surface area contributed by atoms with E-state index in [9.17, 15) is 4.79 Å². The van der Waals surface area contributed by atoms with Gasteiger partial charge in [0.1, 0.15) is 0 Å². The van der Waals surface area contributed by atoms with Gasteiger partial charge in [-0.05, 0) is 72.5 Å². The van der Waals surface area contributed by atoms with Crippen LogP contribution in [0.3, 0.4) is 0 Å². The summed E-state index contributed by atoms with van der Waals surface area (Å²) in [6, 6.07) is 16.9. The summed E-state index contributed by atoms with van der Waals surface area (Å²) in [5.74, 6) is 1.51. The fraction of sp³-hybridized carbons (Fsp3) is 0.458. The Morgan fingerprint density at radius 2 is 1.64 bits per heavy atom. The molecule has 2 aliphatic rings. The van der Waals surface area contributed by atoms with Crippen molar-refractivity contribution in [3.8, 4) is 0 Å². The van der Waals surface area contributed by atoms with Crippen LogP contribution in [0.1, 0.15) is 67.4 Å². The van der Waals surface area contributed by atoms with E-state index in [1.807, 2.05) is 36.4 Å². The number of carbonyl (C=O) groups is 1. The summed E-state index contributed by atoms with van der Waals surface area (Å²) in [4.78, 5) is 12.5. The molecule has 2 atom stereocenters. The first-order valence-electron chi connectivity index (χ1n) is 10.2. The zero-order valence-electron chi connectivity index (χ0n) is 17.0. The van der Waals surface area contributed by atoms with Gasteiger partial charge in [-0.2, -0.15) is 0 Å². The predicted molar refractivity (Wildman–Crippen MR) is 119 cm³/mol. The average Bonchev–Trinajstić information content (AvgIpc) is 3.54. The second-order valence-electron chi connectivity index (χ2n) is 9.20. The van der Waals surface area contributed by atoms with Crippen LogP contribution in [0, 0.1) is 5.92 Å². The molecule has 28 heavy (non-hydrogen) atoms. The minimum Gasteiger partial charge on any atom is -0.322 e. The number of carbonyl (C=O) groups excluding carboxylic acids is 1. The SMILES string of the molecule is CC(C)(C)c1ccc(C(=O)Nc2ccc(C3CC3NCC3CC3)cc2)cc1.Cl. The highest BCUT2D eigenvalue weighted by Gasteiger charge is 2.38. The van der Waals surface area contributed by atoms with Gasteiger partial charge in [-0.25, -0.2) is 0 Å². The molecule has 2 aromatic carbocycles. The number of hydrogen-bond donors (Lipinski definition) is 2. The minimum atomic E-state index is -0.0568. The quantitative estimate of drug-likeness (QED) is 0.673. The Morgan fingerprint density at radius 1 is 1.00 bits per heavy atom. The van der Waals surface area contributed by atoms with Crippen LogP contribution in [0.4, 0.5) is 5.69 Å². The van der Waals surface area contributed by atoms with E-state index in [1.165, 1.54) is 36.9 Å². The van der Waals surface area contributed by atoms with Gasteiger partial charge in [0.25, 0.3) is 5.91 Å². The summed E-state index contributed by atoms with van der Waals surface area (Å²) in [6.07, 6.45) is 4.04. The Kier molecular flexibility index (Phi) is 6.16. The molecule has 0 radical (unpaired) electrons. The van der Waals surface area contributed by atoms with Gasteiger partial charge in [-0.1, -0.05) is 45.0 Å². The molecule has 0 spiro atoms. The van der Waals surface area contributed by atoms with Crippen molar-refractivity contribution < 1.29 is 4.79 Å². The van der Waals surface area contributed by atoms with E-state index >= 15 is 0 Å². The Balaban J connectivity index is 0.00000225. The number of nitrogens with one attached hydrogen (secondary N) is 2. The smallest absolute Gasteiger partial charge is 0.255 e. The van der Waals surface area contributed by atoms with E-state index in [2.05, 4.69) is 43.5 Å². The molecule has 0 saturated heterocycles. The van der Waals surface area contributed by atoms with E-state index in [0.29, 0.717) is 17.5 Å². The highest BCUT2D eigenvalue weighted by Crippen LogP contribution is 2.41. The number of anilines is 1. The highest BCUT2D eigenvalue weighted by molar-refractivity contribution is 6.04. The molecule has 0 aromatic heterocycles. The Morgan fingerprint density at radius 3 is 2.21 bits per heavy atom. The van der Waals surface area contributed by atoms with Crippen molar-refractivity contribution in [3.63, 3.8) is 0 Å². The standard InChI is InChI=1S/C24H30N2O.ClH/c1-24(2,3)19-10-6-18(7-11-19)23(27)26-20-12-8-17(9-13-20)21-14-22(21)25-15-16-4-5-16;/h6-13,16,21-22,25H,4-5,14-15H2,1-3H3,(H,26,27);1H. The van der Waals surface area contributed by atoms with Gasteiger partial charge in [-0.15, -0.1) is 12.4 Å². The van der Waals surface area contributed by atoms with Crippen molar-refractivity contribution in [2.45, 2.75) is 57.4 Å². The largest absolute Gasteiger partial charge is 0.322 e. The van der Waals surface area contributed by atoms with Gasteiger partial charge in [0, 0.05) is 23.2 Å². The maximum atomic E-state index is 12.5. The van der Waals surface area contributed by atoms with Gasteiger partial charge in [0.05, 0.1) is 0 Å². The van der Waals surface area contributed by atoms with E-state index in [4.69, 9.17) is 0 Å². The molecule has 2 saturated carbocycles. The van der Waals surface area contributed by atoms with Crippen LogP contribution in [0.25, 0.3) is 0 Å². The van der Waals surface area contributed by atoms with Crippen LogP contribution in [0.2, 0.25) is 0 Å². The molecule has 0 heterocycles. The zero-order chi connectivity index (χ0) is 19.0. The first kappa shape index (κ1) is 20.9. The molecular formula is C24H31ClN2O. The second-order valence-corrected chi connectivity index (χ2v) is 9.20. The molecule has 2 N–H and O–H groups in total. The maximum Gasteiger partial charge on any atom is 0.255 e. The topological polar surface area (TPSA) is 41.1 Å². The molecule has 150 valence electrons. The number of hydrogen-bond acceptors (Lipinski definition) is 2. The lowest BCUT2D eigenvalue weighted by Gasteiger charge is -2.19. The van der Waals surface area contributed by atoms with Gasteiger partial charge < -0.3 is 10.6 Å². The lowest BCUT2D eigenvalue weighted by molar-refractivity contribution is 0.102. The molecule has 2 fully saturated rings. The van der Waals surface area contributed by atoms with Gasteiger partial charge in [-0.3, -0.25) is 4.79 Å². The second kappa shape index (κ2) is 8.26. The number of amides is 1. The van der Waals surface area contributed by atoms with Crippen molar-refractivity contribution >= 4 is 24.0 Å². The third-order valence-electron chi connectivity index (χ3n) is 5.77. The number of rotatable bonds is 6. The van der Waals surface area contributed by atoms with Gasteiger partial charge in [0.2, 0.25) is 0 Å². The van der Waals surface area contributed by atoms with E-state index in [-0.39, 0.29) is 23.7 Å². The Labute approximate surface area is 174 Å². The third-order valence-corrected chi connectivity index (χ3v) is 5.77. The molecule has 0 aliphatic heterocycles. The normalized spacial score (nSPS) is 21.0. The van der Waals surface area contributed by atoms with Crippen molar-refractivity contribution in [2.24, 2.45) is 5.92 Å². The molecule has 4 heteroatoms. The summed E-state index contributed by atoms with van der Waals surface area (Å²) in [7, 11) is 0. The van der Waals surface area contributed by atoms with E-state index < -0.39 is 0 Å². The molecule has 2 aromatic rings. The monoisotopic (exact) mass is 398 g/mol. The summed E-state index contributed by atoms with van der Waals surface area (Å²) >= 11 is 0. The van der Waals surface area contributed by atoms with Crippen LogP contribution < -0.4 is 10.6 Å². The molecule has 2 aliphatic carbocycles. The van der Waals surface area contributed by atoms with Crippen LogP contribution >= 0.6 is 12.4 Å². The van der Waals surface area contributed by atoms with Gasteiger partial charge >= 0.3 is 0 Å². The Bertz CT molecular complexity index is 804. The zero-order valence-corrected chi connectivity index (χ0v) is 17.8. The fourth-order valence-corrected chi connectivity index (χ4v) is 3.57. The molecular weight excluding hydrogens is 368 g/mol. The number of benzene rings is 2. The summed E-state index contributed by atoms with van der Waals surface area (Å²) in [5.41, 5.74) is 4.25. The first-order chi connectivity index (χ1) is 12.9. The van der Waals surface area contributed by atoms with E-state index in [1.54, 1.807) is 0 Å². The third kappa shape index (κ3) is 5.15. The van der Waals surface area contributed by atoms with E-state index in [0.717, 1.165) is 11.6 Å². The lowest BCUT2D eigenvalue weighted by Crippen LogP contribution is -2.20. The predicted octanol–water partition coefficient (Wildman–Crippen LogP) is 5.51. The first-order valence-corrected chi connectivity index (χ1v) is 10.2. The molecule has 1 amide bonds. The van der Waals surface area contributed by atoms with Crippen LogP contribution in [0.5, 0.6) is 0 Å². The van der Waals surface area contributed by atoms with Crippen molar-refractivity contribution in [2.75, 3.05) is 11.9 Å². The molecule has 2 unspecified atom stereocenters. The summed E-state index contributed by atoms with van der Waals surface area (Å²) in [6.45, 7) is 7.71. The molecule has 4 rings (SSSR count). The van der Waals surface area contributed by atoms with Crippen LogP contribution in [-0.4, -0.2) is 18.5 Å². The molecule has 3 nitrogen and oxygen atoms in total. The van der Waals surface area contributed by atoms with Crippen molar-refractivity contribution in [3.05, 3.63) is 65.2 Å². The van der Waals surface area contributed by atoms with Crippen LogP contribution in [-0.2, 0) is 5.41 Å². The van der Waals surface area contributed by atoms with Gasteiger partial charge in [0.15, 0.2) is 0 Å². The maximum absolute atomic E-state index is 12.5. The highest BCUT2D eigenvalue weighted by atomic mass is 35.5. The average molecular weight is 399 g/mol. The summed E-state index contributed by atoms with van der Waals surface area (Å²) < 4.78 is 0. The number of halogens is 1.